The van der Waals surface area contributed by atoms with E-state index in [-0.39, 0.29) is 5.69 Å². The van der Waals surface area contributed by atoms with E-state index in [1.165, 1.54) is 28.4 Å². The molecule has 1 aromatic rings. The highest BCUT2D eigenvalue weighted by Crippen LogP contribution is 2.27. The third-order valence-corrected chi connectivity index (χ3v) is 2.80. The van der Waals surface area contributed by atoms with E-state index >= 15 is 0 Å². The zero-order valence-electron chi connectivity index (χ0n) is 8.47. The Balaban J connectivity index is 3.18. The molecular weight excluding hydrogens is 204 g/mol. The van der Waals surface area contributed by atoms with E-state index in [1.807, 2.05) is 6.92 Å². The molecule has 1 rings (SSSR count). The molecule has 0 atom stereocenters. The Labute approximate surface area is 87.2 Å². The van der Waals surface area contributed by atoms with Gasteiger partial charge in [-0.05, 0) is 24.1 Å². The van der Waals surface area contributed by atoms with Crippen LogP contribution in [0.4, 0.5) is 14.5 Å². The molecule has 0 N–H and O–H groups in total. The Morgan fingerprint density at radius 1 is 1.29 bits per heavy atom. The minimum atomic E-state index is -0.501. The fourth-order valence-corrected chi connectivity index (χ4v) is 1.57. The Bertz CT molecular complexity index is 305. The van der Waals surface area contributed by atoms with Crippen LogP contribution in [0.2, 0.25) is 0 Å². The molecule has 0 amide bonds. The first-order chi connectivity index (χ1) is 6.60. The zero-order valence-corrected chi connectivity index (χ0v) is 9.29. The summed E-state index contributed by atoms with van der Waals surface area (Å²) in [6.45, 7) is 1.87. The van der Waals surface area contributed by atoms with Gasteiger partial charge in [-0.15, -0.1) is 0 Å². The molecule has 78 valence electrons. The van der Waals surface area contributed by atoms with Crippen LogP contribution in [0, 0.1) is 11.6 Å². The number of rotatable bonds is 3. The van der Waals surface area contributed by atoms with Gasteiger partial charge in [0.2, 0.25) is 0 Å². The fourth-order valence-electron chi connectivity index (χ4n) is 1.21. The van der Waals surface area contributed by atoms with Crippen LogP contribution in [0.5, 0.6) is 0 Å². The van der Waals surface area contributed by atoms with Crippen LogP contribution in [0.3, 0.4) is 0 Å². The molecule has 0 aliphatic rings. The summed E-state index contributed by atoms with van der Waals surface area (Å²) in [6.07, 6.45) is 2.41. The van der Waals surface area contributed by atoms with E-state index in [9.17, 15) is 8.78 Å². The molecule has 0 heterocycles. The highest BCUT2D eigenvalue weighted by Gasteiger charge is 2.14. The summed E-state index contributed by atoms with van der Waals surface area (Å²) in [6, 6.07) is 2.76. The van der Waals surface area contributed by atoms with Gasteiger partial charge in [-0.25, -0.2) is 8.78 Å². The SMILES string of the molecule is CCc1cc(F)c(N(C)SC)c(F)c1. The van der Waals surface area contributed by atoms with Gasteiger partial charge in [0.05, 0.1) is 0 Å². The van der Waals surface area contributed by atoms with E-state index < -0.39 is 11.6 Å². The van der Waals surface area contributed by atoms with Gasteiger partial charge in [0.15, 0.2) is 11.6 Å². The average Bonchev–Trinajstić information content (AvgIpc) is 2.16. The Hall–Kier alpha value is -0.770. The molecule has 0 aliphatic heterocycles. The van der Waals surface area contributed by atoms with Crippen molar-refractivity contribution in [1.82, 2.24) is 0 Å². The fraction of sp³-hybridized carbons (Fsp3) is 0.400. The van der Waals surface area contributed by atoms with Crippen LogP contribution in [-0.2, 0) is 6.42 Å². The van der Waals surface area contributed by atoms with E-state index in [0.717, 1.165) is 0 Å². The second-order valence-corrected chi connectivity index (χ2v) is 3.85. The summed E-state index contributed by atoms with van der Waals surface area (Å²) in [4.78, 5) is 0. The molecule has 0 unspecified atom stereocenters. The maximum atomic E-state index is 13.4. The monoisotopic (exact) mass is 217 g/mol. The van der Waals surface area contributed by atoms with Gasteiger partial charge in [0, 0.05) is 13.3 Å². The van der Waals surface area contributed by atoms with Gasteiger partial charge < -0.3 is 4.31 Å². The molecule has 14 heavy (non-hydrogen) atoms. The van der Waals surface area contributed by atoms with Crippen molar-refractivity contribution in [2.75, 3.05) is 17.6 Å². The molecule has 0 radical (unpaired) electrons. The number of nitrogens with zero attached hydrogens (tertiary/aromatic N) is 1. The number of benzene rings is 1. The number of aryl methyl sites for hydroxylation is 1. The van der Waals surface area contributed by atoms with Crippen LogP contribution >= 0.6 is 11.9 Å². The lowest BCUT2D eigenvalue weighted by Crippen LogP contribution is -2.10. The van der Waals surface area contributed by atoms with Crippen LogP contribution in [-0.4, -0.2) is 13.3 Å². The lowest BCUT2D eigenvalue weighted by molar-refractivity contribution is 0.583. The lowest BCUT2D eigenvalue weighted by Gasteiger charge is -2.17. The van der Waals surface area contributed by atoms with Gasteiger partial charge >= 0.3 is 0 Å². The lowest BCUT2D eigenvalue weighted by atomic mass is 10.1. The normalized spacial score (nSPS) is 10.4. The Morgan fingerprint density at radius 2 is 1.79 bits per heavy atom. The second kappa shape index (κ2) is 4.64. The highest BCUT2D eigenvalue weighted by atomic mass is 32.2. The van der Waals surface area contributed by atoms with Crippen LogP contribution < -0.4 is 4.31 Å². The third-order valence-electron chi connectivity index (χ3n) is 2.07. The molecule has 0 saturated carbocycles. The van der Waals surface area contributed by atoms with E-state index in [1.54, 1.807) is 13.3 Å². The molecule has 0 aromatic heterocycles. The van der Waals surface area contributed by atoms with Crippen LogP contribution in [0.1, 0.15) is 12.5 Å². The van der Waals surface area contributed by atoms with Crippen molar-refractivity contribution in [3.8, 4) is 0 Å². The van der Waals surface area contributed by atoms with Crippen molar-refractivity contribution >= 4 is 17.6 Å². The minimum absolute atomic E-state index is 0.0229. The van der Waals surface area contributed by atoms with Crippen molar-refractivity contribution in [1.29, 1.82) is 0 Å². The summed E-state index contributed by atoms with van der Waals surface area (Å²) >= 11 is 1.27. The molecule has 0 spiro atoms. The largest absolute Gasteiger partial charge is 0.314 e. The Kier molecular flexibility index (Phi) is 3.75. The molecule has 0 fully saturated rings. The summed E-state index contributed by atoms with van der Waals surface area (Å²) in [7, 11) is 1.64. The van der Waals surface area contributed by atoms with Crippen molar-refractivity contribution in [3.63, 3.8) is 0 Å². The molecular formula is C10H13F2NS. The van der Waals surface area contributed by atoms with Crippen molar-refractivity contribution in [2.45, 2.75) is 13.3 Å². The van der Waals surface area contributed by atoms with Crippen molar-refractivity contribution < 1.29 is 8.78 Å². The van der Waals surface area contributed by atoms with Crippen LogP contribution in [0.15, 0.2) is 12.1 Å². The quantitative estimate of drug-likeness (QED) is 0.715. The van der Waals surface area contributed by atoms with E-state index in [4.69, 9.17) is 0 Å². The molecule has 0 bridgehead atoms. The average molecular weight is 217 g/mol. The maximum absolute atomic E-state index is 13.4. The first-order valence-corrected chi connectivity index (χ1v) is 5.54. The third kappa shape index (κ3) is 2.18. The molecule has 4 heteroatoms. The molecule has 0 saturated heterocycles. The van der Waals surface area contributed by atoms with Crippen molar-refractivity contribution in [3.05, 3.63) is 29.3 Å². The minimum Gasteiger partial charge on any atom is -0.314 e. The van der Waals surface area contributed by atoms with Gasteiger partial charge in [-0.1, -0.05) is 18.9 Å². The predicted molar refractivity (Wildman–Crippen MR) is 57.7 cm³/mol. The number of hydrogen-bond acceptors (Lipinski definition) is 2. The topological polar surface area (TPSA) is 3.24 Å². The second-order valence-electron chi connectivity index (χ2n) is 2.94. The molecule has 1 nitrogen and oxygen atoms in total. The summed E-state index contributed by atoms with van der Waals surface area (Å²) in [5, 5.41) is 0. The summed E-state index contributed by atoms with van der Waals surface area (Å²) < 4.78 is 28.4. The number of hydrogen-bond donors (Lipinski definition) is 0. The van der Waals surface area contributed by atoms with E-state index in [0.29, 0.717) is 12.0 Å². The van der Waals surface area contributed by atoms with Gasteiger partial charge in [0.25, 0.3) is 0 Å². The number of anilines is 1. The first kappa shape index (κ1) is 11.3. The summed E-state index contributed by atoms with van der Waals surface area (Å²) in [5.74, 6) is -1.00. The van der Waals surface area contributed by atoms with Crippen LogP contribution in [0.25, 0.3) is 0 Å². The molecule has 1 aromatic carbocycles. The van der Waals surface area contributed by atoms with E-state index in [2.05, 4.69) is 0 Å². The molecule has 0 aliphatic carbocycles. The highest BCUT2D eigenvalue weighted by molar-refractivity contribution is 7.99. The zero-order chi connectivity index (χ0) is 10.7. The van der Waals surface area contributed by atoms with Crippen molar-refractivity contribution in [2.24, 2.45) is 0 Å². The standard InChI is InChI=1S/C10H13F2NS/c1-4-7-5-8(11)10(9(12)6-7)13(2)14-3/h5-6H,4H2,1-3H3. The summed E-state index contributed by atoms with van der Waals surface area (Å²) in [5.41, 5.74) is 0.702. The predicted octanol–water partition coefficient (Wildman–Crippen LogP) is 3.24. The van der Waals surface area contributed by atoms with Gasteiger partial charge in [-0.2, -0.15) is 0 Å². The maximum Gasteiger partial charge on any atom is 0.150 e. The smallest absolute Gasteiger partial charge is 0.150 e. The van der Waals surface area contributed by atoms with Gasteiger partial charge in [0.1, 0.15) is 5.69 Å². The van der Waals surface area contributed by atoms with Gasteiger partial charge in [-0.3, -0.25) is 0 Å². The number of halogens is 2. The first-order valence-electron chi connectivity index (χ1n) is 4.35. The Morgan fingerprint density at radius 3 is 2.14 bits per heavy atom.